The van der Waals surface area contributed by atoms with Crippen LogP contribution < -0.4 is 0 Å². The molecule has 124 valence electrons. The van der Waals surface area contributed by atoms with Gasteiger partial charge in [0.2, 0.25) is 0 Å². The van der Waals surface area contributed by atoms with Gasteiger partial charge in [0.25, 0.3) is 0 Å². The first-order valence-corrected chi connectivity index (χ1v) is 8.20. The van der Waals surface area contributed by atoms with Crippen molar-refractivity contribution in [1.82, 2.24) is 4.90 Å². The molecule has 0 spiro atoms. The van der Waals surface area contributed by atoms with E-state index in [0.29, 0.717) is 31.2 Å². The number of furan rings is 1. The lowest BCUT2D eigenvalue weighted by molar-refractivity contribution is -0.0206. The number of aromatic carboxylic acids is 1. The lowest BCUT2D eigenvalue weighted by Gasteiger charge is -2.34. The number of morpholine rings is 1. The van der Waals surface area contributed by atoms with Crippen LogP contribution in [0, 0.1) is 0 Å². The normalized spacial score (nSPS) is 19.1. The summed E-state index contributed by atoms with van der Waals surface area (Å²) in [6, 6.07) is 7.43. The average molecular weight is 337 g/mol. The molecule has 1 aliphatic rings. The maximum Gasteiger partial charge on any atom is 0.345 e. The minimum atomic E-state index is -0.880. The molecule has 0 saturated carbocycles. The molecular weight excluding hydrogens is 318 g/mol. The highest BCUT2D eigenvalue weighted by Gasteiger charge is 2.28. The average Bonchev–Trinajstić information content (AvgIpc) is 3.18. The Morgan fingerprint density at radius 2 is 2.30 bits per heavy atom. The maximum absolute atomic E-state index is 11.0. The van der Waals surface area contributed by atoms with Gasteiger partial charge in [-0.05, 0) is 24.3 Å². The monoisotopic (exact) mass is 337 g/mol. The molecule has 0 radical (unpaired) electrons. The quantitative estimate of drug-likeness (QED) is 0.874. The molecule has 1 N–H and O–H groups in total. The van der Waals surface area contributed by atoms with E-state index in [9.17, 15) is 4.79 Å². The summed E-state index contributed by atoms with van der Waals surface area (Å²) in [6.45, 7) is 3.15. The fraction of sp³-hybridized carbons (Fsp3) is 0.438. The Labute approximate surface area is 138 Å². The second-order valence-electron chi connectivity index (χ2n) is 5.37. The number of hydrogen-bond donors (Lipinski definition) is 1. The number of carbonyl (C=O) groups is 1. The molecule has 3 rings (SSSR count). The van der Waals surface area contributed by atoms with Gasteiger partial charge in [-0.1, -0.05) is 0 Å². The van der Waals surface area contributed by atoms with Gasteiger partial charge in [-0.2, -0.15) is 0 Å². The molecule has 2 aromatic rings. The van der Waals surface area contributed by atoms with Crippen LogP contribution in [0.4, 0.5) is 0 Å². The SMILES string of the molecule is COCc1ccc(C2COCCN2Cc2ccc(C(=O)O)s2)o1. The van der Waals surface area contributed by atoms with E-state index in [-0.39, 0.29) is 6.04 Å². The van der Waals surface area contributed by atoms with Crippen LogP contribution in [0.1, 0.15) is 32.1 Å². The second kappa shape index (κ2) is 7.27. The van der Waals surface area contributed by atoms with E-state index in [1.165, 1.54) is 11.3 Å². The minimum Gasteiger partial charge on any atom is -0.477 e. The third kappa shape index (κ3) is 3.81. The summed E-state index contributed by atoms with van der Waals surface area (Å²) in [5.41, 5.74) is 0. The van der Waals surface area contributed by atoms with Crippen molar-refractivity contribution >= 4 is 17.3 Å². The Kier molecular flexibility index (Phi) is 5.12. The van der Waals surface area contributed by atoms with Crippen LogP contribution in [0.5, 0.6) is 0 Å². The number of rotatable bonds is 6. The smallest absolute Gasteiger partial charge is 0.345 e. The summed E-state index contributed by atoms with van der Waals surface area (Å²) in [5.74, 6) is 0.763. The van der Waals surface area contributed by atoms with Gasteiger partial charge >= 0.3 is 5.97 Å². The van der Waals surface area contributed by atoms with Crippen LogP contribution in [-0.2, 0) is 22.6 Å². The standard InChI is InChI=1S/C16H19NO5S/c1-20-9-11-2-4-14(22-11)13-10-21-7-6-17(13)8-12-3-5-15(23-12)16(18)19/h2-5,13H,6-10H2,1H3,(H,18,19). The van der Waals surface area contributed by atoms with Crippen molar-refractivity contribution in [1.29, 1.82) is 0 Å². The van der Waals surface area contributed by atoms with Gasteiger partial charge in [0.15, 0.2) is 0 Å². The van der Waals surface area contributed by atoms with Gasteiger partial charge < -0.3 is 19.0 Å². The zero-order valence-electron chi connectivity index (χ0n) is 12.9. The highest BCUT2D eigenvalue weighted by molar-refractivity contribution is 7.13. The first-order chi connectivity index (χ1) is 11.2. The number of nitrogens with zero attached hydrogens (tertiary/aromatic N) is 1. The topological polar surface area (TPSA) is 72.1 Å². The number of hydrogen-bond acceptors (Lipinski definition) is 6. The van der Waals surface area contributed by atoms with E-state index in [4.69, 9.17) is 19.0 Å². The molecular formula is C16H19NO5S. The van der Waals surface area contributed by atoms with Crippen LogP contribution in [0.25, 0.3) is 0 Å². The van der Waals surface area contributed by atoms with Gasteiger partial charge in [-0.25, -0.2) is 4.79 Å². The summed E-state index contributed by atoms with van der Waals surface area (Å²) >= 11 is 1.31. The van der Waals surface area contributed by atoms with Crippen molar-refractivity contribution in [3.8, 4) is 0 Å². The van der Waals surface area contributed by atoms with E-state index < -0.39 is 5.97 Å². The number of methoxy groups -OCH3 is 1. The molecule has 0 bridgehead atoms. The number of ether oxygens (including phenoxy) is 2. The van der Waals surface area contributed by atoms with Crippen molar-refractivity contribution in [2.24, 2.45) is 0 Å². The van der Waals surface area contributed by atoms with Crippen LogP contribution in [-0.4, -0.2) is 42.8 Å². The predicted octanol–water partition coefficient (Wildman–Crippen LogP) is 2.76. The molecule has 1 fully saturated rings. The van der Waals surface area contributed by atoms with Crippen LogP contribution in [0.3, 0.4) is 0 Å². The third-order valence-electron chi connectivity index (χ3n) is 3.77. The molecule has 1 saturated heterocycles. The van der Waals surface area contributed by atoms with E-state index >= 15 is 0 Å². The molecule has 1 aliphatic heterocycles. The van der Waals surface area contributed by atoms with Gasteiger partial charge in [0.1, 0.15) is 23.0 Å². The molecule has 23 heavy (non-hydrogen) atoms. The number of thiophene rings is 1. The summed E-state index contributed by atoms with van der Waals surface area (Å²) in [5, 5.41) is 9.04. The molecule has 1 atom stereocenters. The Bertz CT molecular complexity index is 665. The first kappa shape index (κ1) is 16.2. The van der Waals surface area contributed by atoms with Crippen molar-refractivity contribution in [3.63, 3.8) is 0 Å². The predicted molar refractivity (Wildman–Crippen MR) is 84.7 cm³/mol. The van der Waals surface area contributed by atoms with E-state index in [2.05, 4.69) is 4.90 Å². The van der Waals surface area contributed by atoms with Crippen LogP contribution in [0.15, 0.2) is 28.7 Å². The van der Waals surface area contributed by atoms with Gasteiger partial charge in [-0.15, -0.1) is 11.3 Å². The van der Waals surface area contributed by atoms with Crippen molar-refractivity contribution in [3.05, 3.63) is 45.5 Å². The summed E-state index contributed by atoms with van der Waals surface area (Å²) < 4.78 is 16.5. The molecule has 2 aromatic heterocycles. The van der Waals surface area contributed by atoms with Crippen LogP contribution >= 0.6 is 11.3 Å². The van der Waals surface area contributed by atoms with E-state index in [0.717, 1.165) is 22.9 Å². The second-order valence-corrected chi connectivity index (χ2v) is 6.54. The Hall–Kier alpha value is -1.67. The van der Waals surface area contributed by atoms with E-state index in [1.807, 2.05) is 18.2 Å². The zero-order valence-corrected chi connectivity index (χ0v) is 13.7. The first-order valence-electron chi connectivity index (χ1n) is 7.38. The van der Waals surface area contributed by atoms with Gasteiger partial charge in [-0.3, -0.25) is 4.90 Å². The van der Waals surface area contributed by atoms with Crippen molar-refractivity contribution in [2.75, 3.05) is 26.9 Å². The van der Waals surface area contributed by atoms with Crippen LogP contribution in [0.2, 0.25) is 0 Å². The molecule has 0 amide bonds. The zero-order chi connectivity index (χ0) is 16.2. The molecule has 0 aromatic carbocycles. The molecule has 7 heteroatoms. The Balaban J connectivity index is 1.73. The Morgan fingerprint density at radius 1 is 1.43 bits per heavy atom. The fourth-order valence-electron chi connectivity index (χ4n) is 2.66. The van der Waals surface area contributed by atoms with Gasteiger partial charge in [0, 0.05) is 25.1 Å². The molecule has 1 unspecified atom stereocenters. The largest absolute Gasteiger partial charge is 0.477 e. The lowest BCUT2D eigenvalue weighted by atomic mass is 10.1. The molecule has 6 nitrogen and oxygen atoms in total. The van der Waals surface area contributed by atoms with Crippen molar-refractivity contribution < 1.29 is 23.8 Å². The third-order valence-corrected chi connectivity index (χ3v) is 4.83. The minimum absolute atomic E-state index is 0.0322. The highest BCUT2D eigenvalue weighted by Crippen LogP contribution is 2.29. The summed E-state index contributed by atoms with van der Waals surface area (Å²) in [6.07, 6.45) is 0. The van der Waals surface area contributed by atoms with E-state index in [1.54, 1.807) is 13.2 Å². The van der Waals surface area contributed by atoms with Gasteiger partial charge in [0.05, 0.1) is 19.3 Å². The number of carboxylic acid groups (broad SMARTS) is 1. The lowest BCUT2D eigenvalue weighted by Crippen LogP contribution is -2.38. The summed E-state index contributed by atoms with van der Waals surface area (Å²) in [4.78, 5) is 14.7. The number of carboxylic acids is 1. The molecule has 0 aliphatic carbocycles. The van der Waals surface area contributed by atoms with Crippen molar-refractivity contribution in [2.45, 2.75) is 19.2 Å². The Morgan fingerprint density at radius 3 is 3.04 bits per heavy atom. The highest BCUT2D eigenvalue weighted by atomic mass is 32.1. The molecule has 3 heterocycles. The summed E-state index contributed by atoms with van der Waals surface area (Å²) in [7, 11) is 1.63. The maximum atomic E-state index is 11.0. The fourth-order valence-corrected chi connectivity index (χ4v) is 3.53.